The molecule has 48 valence electrons. The van der Waals surface area contributed by atoms with Crippen molar-refractivity contribution in [3.05, 3.63) is 0 Å². The minimum atomic E-state index is -0.345. The van der Waals surface area contributed by atoms with Gasteiger partial charge in [0.15, 0.2) is 0 Å². The van der Waals surface area contributed by atoms with Crippen LogP contribution in [0.3, 0.4) is 0 Å². The highest BCUT2D eigenvalue weighted by Gasteiger charge is 2.23. The zero-order valence-electron chi connectivity index (χ0n) is 4.87. The van der Waals surface area contributed by atoms with Crippen molar-refractivity contribution < 1.29 is 4.79 Å². The highest BCUT2D eigenvalue weighted by Crippen LogP contribution is 2.21. The predicted molar refractivity (Wildman–Crippen MR) is 43.5 cm³/mol. The maximum atomic E-state index is 10.5. The third-order valence-corrected chi connectivity index (χ3v) is 3.28. The highest BCUT2D eigenvalue weighted by molar-refractivity contribution is 14.1. The molecule has 0 amide bonds. The van der Waals surface area contributed by atoms with Crippen molar-refractivity contribution in [2.24, 2.45) is 5.41 Å². The fourth-order valence-corrected chi connectivity index (χ4v) is 0.691. The van der Waals surface area contributed by atoms with Gasteiger partial charge >= 0.3 is 0 Å². The van der Waals surface area contributed by atoms with Gasteiger partial charge in [-0.2, -0.15) is 0 Å². The summed E-state index contributed by atoms with van der Waals surface area (Å²) in [4.78, 5) is 10.5. The molecule has 0 aromatic heterocycles. The third kappa shape index (κ3) is 2.31. The molecule has 0 aliphatic heterocycles. The van der Waals surface area contributed by atoms with Crippen molar-refractivity contribution in [3.63, 3.8) is 0 Å². The Hall–Kier alpha value is 0.690. The van der Waals surface area contributed by atoms with E-state index in [1.54, 1.807) is 0 Å². The number of carbonyl (C=O) groups excluding carboxylic acids is 1. The second-order valence-corrected chi connectivity index (χ2v) is 3.40. The third-order valence-electron chi connectivity index (χ3n) is 0.866. The van der Waals surface area contributed by atoms with Crippen LogP contribution >= 0.6 is 34.2 Å². The van der Waals surface area contributed by atoms with Gasteiger partial charge in [0, 0.05) is 9.84 Å². The monoisotopic (exact) mass is 246 g/mol. The molecule has 8 heavy (non-hydrogen) atoms. The van der Waals surface area contributed by atoms with E-state index in [1.807, 2.05) is 13.8 Å². The topological polar surface area (TPSA) is 17.1 Å². The quantitative estimate of drug-likeness (QED) is 0.415. The lowest BCUT2D eigenvalue weighted by Crippen LogP contribution is -2.20. The van der Waals surface area contributed by atoms with E-state index < -0.39 is 0 Å². The lowest BCUT2D eigenvalue weighted by molar-refractivity contribution is -0.117. The number of alkyl halides is 1. The van der Waals surface area contributed by atoms with Crippen LogP contribution in [0.4, 0.5) is 0 Å². The minimum absolute atomic E-state index is 0.257. The van der Waals surface area contributed by atoms with Gasteiger partial charge in [0.2, 0.25) is 5.24 Å². The fourth-order valence-electron chi connectivity index (χ4n) is 0.0525. The summed E-state index contributed by atoms with van der Waals surface area (Å²) >= 11 is 7.37. The van der Waals surface area contributed by atoms with E-state index in [-0.39, 0.29) is 10.7 Å². The molecule has 0 saturated carbocycles. The zero-order chi connectivity index (χ0) is 6.78. The molecule has 0 aliphatic rings. The molecule has 1 nitrogen and oxygen atoms in total. The van der Waals surface area contributed by atoms with Gasteiger partial charge in [-0.15, -0.1) is 0 Å². The molecule has 0 aromatic carbocycles. The van der Waals surface area contributed by atoms with Crippen molar-refractivity contribution in [1.29, 1.82) is 0 Å². The van der Waals surface area contributed by atoms with E-state index in [2.05, 4.69) is 22.6 Å². The number of hydrogen-bond donors (Lipinski definition) is 0. The van der Waals surface area contributed by atoms with Gasteiger partial charge < -0.3 is 0 Å². The molecule has 0 heterocycles. The summed E-state index contributed by atoms with van der Waals surface area (Å²) in [5.74, 6) is 0. The van der Waals surface area contributed by atoms with E-state index in [9.17, 15) is 4.79 Å². The molecule has 0 rings (SSSR count). The van der Waals surface area contributed by atoms with Gasteiger partial charge in [0.25, 0.3) is 0 Å². The Morgan fingerprint density at radius 3 is 2.12 bits per heavy atom. The Labute approximate surface area is 67.9 Å². The molecular formula is C5H8ClIO. The van der Waals surface area contributed by atoms with Crippen LogP contribution in [0.15, 0.2) is 0 Å². The summed E-state index contributed by atoms with van der Waals surface area (Å²) in [6.07, 6.45) is 0. The Balaban J connectivity index is 3.91. The second-order valence-electron chi connectivity index (χ2n) is 2.29. The summed E-state index contributed by atoms with van der Waals surface area (Å²) in [6, 6.07) is 0. The first-order valence-corrected chi connectivity index (χ1v) is 4.17. The molecule has 0 bridgehead atoms. The van der Waals surface area contributed by atoms with Crippen LogP contribution in [0, 0.1) is 5.41 Å². The fraction of sp³-hybridized carbons (Fsp3) is 0.800. The standard InChI is InChI=1S/C5H8ClIO/c1-5(2,3-7)4(6)8/h3H2,1-2H3. The number of halogens is 2. The predicted octanol–water partition coefficient (Wildman–Crippen LogP) is 2.21. The van der Waals surface area contributed by atoms with Crippen molar-refractivity contribution in [2.45, 2.75) is 13.8 Å². The molecule has 0 N–H and O–H groups in total. The average molecular weight is 246 g/mol. The summed E-state index contributed by atoms with van der Waals surface area (Å²) in [5, 5.41) is -0.257. The Morgan fingerprint density at radius 2 is 2.12 bits per heavy atom. The first-order valence-electron chi connectivity index (χ1n) is 2.26. The SMILES string of the molecule is CC(C)(CI)C(=O)Cl. The van der Waals surface area contributed by atoms with E-state index in [0.717, 1.165) is 4.43 Å². The van der Waals surface area contributed by atoms with E-state index >= 15 is 0 Å². The van der Waals surface area contributed by atoms with Crippen molar-refractivity contribution in [2.75, 3.05) is 4.43 Å². The van der Waals surface area contributed by atoms with Crippen molar-refractivity contribution in [3.8, 4) is 0 Å². The molecule has 0 aliphatic carbocycles. The van der Waals surface area contributed by atoms with Gasteiger partial charge in [-0.05, 0) is 11.6 Å². The molecule has 0 unspecified atom stereocenters. The van der Waals surface area contributed by atoms with Crippen LogP contribution in [0.1, 0.15) is 13.8 Å². The van der Waals surface area contributed by atoms with Crippen LogP contribution in [-0.4, -0.2) is 9.67 Å². The number of rotatable bonds is 2. The maximum Gasteiger partial charge on any atom is 0.228 e. The van der Waals surface area contributed by atoms with E-state index in [1.165, 1.54) is 0 Å². The van der Waals surface area contributed by atoms with Crippen LogP contribution in [0.5, 0.6) is 0 Å². The zero-order valence-corrected chi connectivity index (χ0v) is 7.78. The summed E-state index contributed by atoms with van der Waals surface area (Å²) in [5.41, 5.74) is -0.345. The largest absolute Gasteiger partial charge is 0.281 e. The van der Waals surface area contributed by atoms with Gasteiger partial charge in [0.1, 0.15) is 0 Å². The Bertz CT molecular complexity index is 101. The number of hydrogen-bond acceptors (Lipinski definition) is 1. The van der Waals surface area contributed by atoms with Gasteiger partial charge in [-0.25, -0.2) is 0 Å². The summed E-state index contributed by atoms with van der Waals surface area (Å²) in [7, 11) is 0. The Kier molecular flexibility index (Phi) is 3.27. The summed E-state index contributed by atoms with van der Waals surface area (Å²) < 4.78 is 0.771. The second kappa shape index (κ2) is 3.01. The molecule has 0 atom stereocenters. The highest BCUT2D eigenvalue weighted by atomic mass is 127. The van der Waals surface area contributed by atoms with Gasteiger partial charge in [-0.3, -0.25) is 4.79 Å². The van der Waals surface area contributed by atoms with Gasteiger partial charge in [0.05, 0.1) is 0 Å². The van der Waals surface area contributed by atoms with Crippen molar-refractivity contribution >= 4 is 39.4 Å². The lowest BCUT2D eigenvalue weighted by atomic mass is 10.00. The minimum Gasteiger partial charge on any atom is -0.281 e. The van der Waals surface area contributed by atoms with Crippen molar-refractivity contribution in [1.82, 2.24) is 0 Å². The first kappa shape index (κ1) is 8.69. The Morgan fingerprint density at radius 1 is 1.75 bits per heavy atom. The average Bonchev–Trinajstić information content (AvgIpc) is 1.67. The van der Waals surface area contributed by atoms with E-state index in [0.29, 0.717) is 0 Å². The maximum absolute atomic E-state index is 10.5. The number of carbonyl (C=O) groups is 1. The molecular weight excluding hydrogens is 238 g/mol. The van der Waals surface area contributed by atoms with Gasteiger partial charge in [-0.1, -0.05) is 36.4 Å². The molecule has 0 fully saturated rings. The van der Waals surface area contributed by atoms with Crippen LogP contribution in [0.25, 0.3) is 0 Å². The first-order chi connectivity index (χ1) is 3.50. The lowest BCUT2D eigenvalue weighted by Gasteiger charge is -2.13. The van der Waals surface area contributed by atoms with Crippen LogP contribution < -0.4 is 0 Å². The smallest absolute Gasteiger partial charge is 0.228 e. The van der Waals surface area contributed by atoms with Crippen LogP contribution in [0.2, 0.25) is 0 Å². The summed E-state index contributed by atoms with van der Waals surface area (Å²) in [6.45, 7) is 3.66. The molecule has 0 saturated heterocycles. The van der Waals surface area contributed by atoms with Crippen LogP contribution in [-0.2, 0) is 4.79 Å². The molecule has 0 spiro atoms. The molecule has 3 heteroatoms. The molecule has 0 radical (unpaired) electrons. The van der Waals surface area contributed by atoms with E-state index in [4.69, 9.17) is 11.6 Å². The molecule has 0 aromatic rings. The normalized spacial score (nSPS) is 11.5.